The minimum atomic E-state index is -4.28. The predicted octanol–water partition coefficient (Wildman–Crippen LogP) is 3.00. The Hall–Kier alpha value is -1.07. The molecular formula is C14H18F3NO. The molecule has 0 aliphatic carbocycles. The lowest BCUT2D eigenvalue weighted by Gasteiger charge is -2.22. The van der Waals surface area contributed by atoms with E-state index >= 15 is 0 Å². The molecule has 2 rings (SSSR count). The molecule has 1 fully saturated rings. The first-order valence-corrected chi connectivity index (χ1v) is 6.41. The van der Waals surface area contributed by atoms with E-state index in [2.05, 4.69) is 0 Å². The molecule has 0 aromatic heterocycles. The Morgan fingerprint density at radius 1 is 1.32 bits per heavy atom. The minimum Gasteiger partial charge on any atom is -0.378 e. The van der Waals surface area contributed by atoms with Crippen LogP contribution in [0.2, 0.25) is 0 Å². The highest BCUT2D eigenvalue weighted by atomic mass is 19.4. The predicted molar refractivity (Wildman–Crippen MR) is 66.6 cm³/mol. The SMILES string of the molecule is CC1OCCC1C(N)Cc1ccc(C(F)(F)F)cc1. The second-order valence-electron chi connectivity index (χ2n) is 5.09. The molecule has 1 aliphatic rings. The Kier molecular flexibility index (Phi) is 4.16. The summed E-state index contributed by atoms with van der Waals surface area (Å²) in [4.78, 5) is 0. The third kappa shape index (κ3) is 3.48. The van der Waals surface area contributed by atoms with Crippen molar-refractivity contribution in [2.75, 3.05) is 6.61 Å². The molecule has 1 aliphatic heterocycles. The fraction of sp³-hybridized carbons (Fsp3) is 0.571. The number of nitrogens with two attached hydrogens (primary N) is 1. The number of rotatable bonds is 3. The van der Waals surface area contributed by atoms with Gasteiger partial charge in [0, 0.05) is 18.6 Å². The molecule has 1 heterocycles. The van der Waals surface area contributed by atoms with Crippen molar-refractivity contribution in [2.45, 2.75) is 38.1 Å². The van der Waals surface area contributed by atoms with Crippen molar-refractivity contribution < 1.29 is 17.9 Å². The molecule has 0 bridgehead atoms. The molecule has 106 valence electrons. The van der Waals surface area contributed by atoms with E-state index < -0.39 is 11.7 Å². The van der Waals surface area contributed by atoms with Crippen LogP contribution >= 0.6 is 0 Å². The molecule has 1 aromatic rings. The Labute approximate surface area is 110 Å². The smallest absolute Gasteiger partial charge is 0.378 e. The molecule has 1 aromatic carbocycles. The van der Waals surface area contributed by atoms with E-state index in [1.54, 1.807) is 0 Å². The molecule has 0 amide bonds. The number of halogens is 3. The van der Waals surface area contributed by atoms with Crippen LogP contribution in [0.4, 0.5) is 13.2 Å². The van der Waals surface area contributed by atoms with Gasteiger partial charge in [0.25, 0.3) is 0 Å². The van der Waals surface area contributed by atoms with Crippen molar-refractivity contribution >= 4 is 0 Å². The van der Waals surface area contributed by atoms with Crippen LogP contribution < -0.4 is 5.73 Å². The van der Waals surface area contributed by atoms with Crippen LogP contribution in [0.25, 0.3) is 0 Å². The summed E-state index contributed by atoms with van der Waals surface area (Å²) in [7, 11) is 0. The average Bonchev–Trinajstić information content (AvgIpc) is 2.75. The molecule has 3 atom stereocenters. The lowest BCUT2D eigenvalue weighted by molar-refractivity contribution is -0.137. The van der Waals surface area contributed by atoms with Crippen LogP contribution in [0.5, 0.6) is 0 Å². The standard InChI is InChI=1S/C14H18F3NO/c1-9-12(6-7-19-9)13(18)8-10-2-4-11(5-3-10)14(15,16)17/h2-5,9,12-13H,6-8,18H2,1H3. The summed E-state index contributed by atoms with van der Waals surface area (Å²) in [5, 5.41) is 0. The highest BCUT2D eigenvalue weighted by molar-refractivity contribution is 5.25. The fourth-order valence-corrected chi connectivity index (χ4v) is 2.56. The van der Waals surface area contributed by atoms with E-state index in [0.717, 1.165) is 24.1 Å². The summed E-state index contributed by atoms with van der Waals surface area (Å²) in [6.07, 6.45) is -2.65. The van der Waals surface area contributed by atoms with Crippen LogP contribution in [-0.2, 0) is 17.3 Å². The lowest BCUT2D eigenvalue weighted by Crippen LogP contribution is -2.36. The Morgan fingerprint density at radius 3 is 2.42 bits per heavy atom. The maximum atomic E-state index is 12.4. The molecule has 2 N–H and O–H groups in total. The van der Waals surface area contributed by atoms with Gasteiger partial charge in [0.1, 0.15) is 0 Å². The molecule has 0 radical (unpaired) electrons. The topological polar surface area (TPSA) is 35.2 Å². The van der Waals surface area contributed by atoms with Gasteiger partial charge in [0.05, 0.1) is 11.7 Å². The van der Waals surface area contributed by atoms with Gasteiger partial charge in [0.15, 0.2) is 0 Å². The molecule has 0 saturated carbocycles. The molecular weight excluding hydrogens is 255 g/mol. The number of alkyl halides is 3. The van der Waals surface area contributed by atoms with Crippen molar-refractivity contribution in [3.05, 3.63) is 35.4 Å². The summed E-state index contributed by atoms with van der Waals surface area (Å²) >= 11 is 0. The zero-order valence-electron chi connectivity index (χ0n) is 10.8. The van der Waals surface area contributed by atoms with Crippen LogP contribution in [-0.4, -0.2) is 18.8 Å². The van der Waals surface area contributed by atoms with Gasteiger partial charge in [-0.2, -0.15) is 13.2 Å². The van der Waals surface area contributed by atoms with Gasteiger partial charge in [-0.25, -0.2) is 0 Å². The number of benzene rings is 1. The Balaban J connectivity index is 1.99. The van der Waals surface area contributed by atoms with E-state index in [-0.39, 0.29) is 18.1 Å². The quantitative estimate of drug-likeness (QED) is 0.918. The van der Waals surface area contributed by atoms with Crippen LogP contribution in [0.3, 0.4) is 0 Å². The third-order valence-electron chi connectivity index (χ3n) is 3.74. The second kappa shape index (κ2) is 5.51. The van der Waals surface area contributed by atoms with Gasteiger partial charge in [-0.15, -0.1) is 0 Å². The first kappa shape index (κ1) is 14.3. The van der Waals surface area contributed by atoms with E-state index in [1.807, 2.05) is 6.92 Å². The van der Waals surface area contributed by atoms with Crippen LogP contribution in [0, 0.1) is 5.92 Å². The van der Waals surface area contributed by atoms with Crippen molar-refractivity contribution in [3.8, 4) is 0 Å². The zero-order chi connectivity index (χ0) is 14.0. The molecule has 3 unspecified atom stereocenters. The second-order valence-corrected chi connectivity index (χ2v) is 5.09. The van der Waals surface area contributed by atoms with Crippen molar-refractivity contribution in [1.82, 2.24) is 0 Å². The molecule has 2 nitrogen and oxygen atoms in total. The number of hydrogen-bond acceptors (Lipinski definition) is 2. The summed E-state index contributed by atoms with van der Waals surface area (Å²) in [6.45, 7) is 2.71. The average molecular weight is 273 g/mol. The van der Waals surface area contributed by atoms with Gasteiger partial charge < -0.3 is 10.5 Å². The zero-order valence-corrected chi connectivity index (χ0v) is 10.8. The maximum absolute atomic E-state index is 12.4. The Bertz CT molecular complexity index is 416. The van der Waals surface area contributed by atoms with Crippen molar-refractivity contribution in [2.24, 2.45) is 11.7 Å². The normalized spacial score (nSPS) is 25.5. The van der Waals surface area contributed by atoms with E-state index in [0.29, 0.717) is 13.0 Å². The van der Waals surface area contributed by atoms with Gasteiger partial charge in [0.2, 0.25) is 0 Å². The lowest BCUT2D eigenvalue weighted by atomic mass is 9.89. The van der Waals surface area contributed by atoms with Crippen LogP contribution in [0.1, 0.15) is 24.5 Å². The van der Waals surface area contributed by atoms with Gasteiger partial charge in [-0.1, -0.05) is 12.1 Å². The minimum absolute atomic E-state index is 0.0748. The van der Waals surface area contributed by atoms with Gasteiger partial charge in [-0.3, -0.25) is 0 Å². The van der Waals surface area contributed by atoms with Crippen molar-refractivity contribution in [1.29, 1.82) is 0 Å². The van der Waals surface area contributed by atoms with Gasteiger partial charge >= 0.3 is 6.18 Å². The van der Waals surface area contributed by atoms with Gasteiger partial charge in [-0.05, 0) is 37.5 Å². The molecule has 1 saturated heterocycles. The first-order chi connectivity index (χ1) is 8.88. The largest absolute Gasteiger partial charge is 0.416 e. The van der Waals surface area contributed by atoms with Crippen molar-refractivity contribution in [3.63, 3.8) is 0 Å². The maximum Gasteiger partial charge on any atom is 0.416 e. The third-order valence-corrected chi connectivity index (χ3v) is 3.74. The first-order valence-electron chi connectivity index (χ1n) is 6.41. The van der Waals surface area contributed by atoms with E-state index in [9.17, 15) is 13.2 Å². The van der Waals surface area contributed by atoms with E-state index in [1.165, 1.54) is 12.1 Å². The number of ether oxygens (including phenoxy) is 1. The molecule has 5 heteroatoms. The molecule has 0 spiro atoms. The summed E-state index contributed by atoms with van der Waals surface area (Å²) < 4.78 is 42.8. The fourth-order valence-electron chi connectivity index (χ4n) is 2.56. The highest BCUT2D eigenvalue weighted by Crippen LogP contribution is 2.30. The monoisotopic (exact) mass is 273 g/mol. The number of hydrogen-bond donors (Lipinski definition) is 1. The summed E-state index contributed by atoms with van der Waals surface area (Å²) in [5.41, 5.74) is 6.33. The summed E-state index contributed by atoms with van der Waals surface area (Å²) in [5.74, 6) is 0.280. The van der Waals surface area contributed by atoms with E-state index in [4.69, 9.17) is 10.5 Å². The molecule has 19 heavy (non-hydrogen) atoms. The van der Waals surface area contributed by atoms with Crippen LogP contribution in [0.15, 0.2) is 24.3 Å². The highest BCUT2D eigenvalue weighted by Gasteiger charge is 2.31. The summed E-state index contributed by atoms with van der Waals surface area (Å²) in [6, 6.07) is 5.15. The Morgan fingerprint density at radius 2 is 1.95 bits per heavy atom.